The van der Waals surface area contributed by atoms with Gasteiger partial charge in [0.1, 0.15) is 5.75 Å². The highest BCUT2D eigenvalue weighted by Crippen LogP contribution is 2.15. The Morgan fingerprint density at radius 3 is 1.88 bits per heavy atom. The lowest BCUT2D eigenvalue weighted by atomic mass is 10.1. The summed E-state index contributed by atoms with van der Waals surface area (Å²) in [5.41, 5.74) is 1.26. The lowest BCUT2D eigenvalue weighted by Gasteiger charge is -2.06. The molecule has 24 heavy (non-hydrogen) atoms. The number of ether oxygens (including phenoxy) is 1. The summed E-state index contributed by atoms with van der Waals surface area (Å²) >= 11 is 0. The third-order valence-corrected chi connectivity index (χ3v) is 4.41. The number of rotatable bonds is 15. The fourth-order valence-corrected chi connectivity index (χ4v) is 2.84. The van der Waals surface area contributed by atoms with E-state index in [-0.39, 0.29) is 0 Å². The topological polar surface area (TPSA) is 9.23 Å². The van der Waals surface area contributed by atoms with Crippen LogP contribution in [0.1, 0.15) is 96.5 Å². The molecule has 0 bridgehead atoms. The van der Waals surface area contributed by atoms with Crippen LogP contribution >= 0.6 is 0 Å². The summed E-state index contributed by atoms with van der Waals surface area (Å²) in [6, 6.07) is 8.45. The molecule has 0 radical (unpaired) electrons. The number of allylic oxidation sites excluding steroid dienone is 1. The van der Waals surface area contributed by atoms with E-state index >= 15 is 0 Å². The average Bonchev–Trinajstić information content (AvgIpc) is 2.61. The highest BCUT2D eigenvalue weighted by atomic mass is 16.5. The van der Waals surface area contributed by atoms with E-state index in [2.05, 4.69) is 50.3 Å². The van der Waals surface area contributed by atoms with E-state index in [1.807, 2.05) is 0 Å². The lowest BCUT2D eigenvalue weighted by molar-refractivity contribution is 0.304. The molecule has 0 saturated carbocycles. The fourth-order valence-electron chi connectivity index (χ4n) is 2.84. The second-order valence-electron chi connectivity index (χ2n) is 6.79. The maximum atomic E-state index is 5.83. The first-order valence-electron chi connectivity index (χ1n) is 10.3. The van der Waals surface area contributed by atoms with E-state index in [4.69, 9.17) is 4.74 Å². The van der Waals surface area contributed by atoms with Crippen LogP contribution in [0.25, 0.3) is 6.08 Å². The third kappa shape index (κ3) is 11.3. The van der Waals surface area contributed by atoms with Gasteiger partial charge in [0.15, 0.2) is 0 Å². The first kappa shape index (κ1) is 20.8. The van der Waals surface area contributed by atoms with E-state index in [0.717, 1.165) is 18.8 Å². The predicted octanol–water partition coefficient (Wildman–Crippen LogP) is 7.80. The minimum absolute atomic E-state index is 0.849. The minimum Gasteiger partial charge on any atom is -0.494 e. The van der Waals surface area contributed by atoms with Crippen LogP contribution in [0.5, 0.6) is 5.75 Å². The maximum Gasteiger partial charge on any atom is 0.119 e. The van der Waals surface area contributed by atoms with Gasteiger partial charge in [-0.25, -0.2) is 0 Å². The molecule has 1 aromatic rings. The highest BCUT2D eigenvalue weighted by molar-refractivity contribution is 5.50. The lowest BCUT2D eigenvalue weighted by Crippen LogP contribution is -1.97. The fraction of sp³-hybridized carbons (Fsp3) is 0.652. The van der Waals surface area contributed by atoms with Gasteiger partial charge in [0.2, 0.25) is 0 Å². The van der Waals surface area contributed by atoms with Crippen LogP contribution in [-0.4, -0.2) is 6.61 Å². The van der Waals surface area contributed by atoms with Crippen molar-refractivity contribution < 1.29 is 4.74 Å². The van der Waals surface area contributed by atoms with Gasteiger partial charge < -0.3 is 4.74 Å². The van der Waals surface area contributed by atoms with Crippen molar-refractivity contribution in [2.45, 2.75) is 90.9 Å². The molecule has 0 fully saturated rings. The van der Waals surface area contributed by atoms with Gasteiger partial charge in [-0.3, -0.25) is 0 Å². The molecule has 0 aliphatic carbocycles. The number of hydrogen-bond donors (Lipinski definition) is 0. The van der Waals surface area contributed by atoms with Crippen molar-refractivity contribution >= 4 is 6.08 Å². The first-order valence-corrected chi connectivity index (χ1v) is 10.3. The van der Waals surface area contributed by atoms with Gasteiger partial charge in [-0.1, -0.05) is 102 Å². The Balaban J connectivity index is 1.97. The van der Waals surface area contributed by atoms with Gasteiger partial charge in [0.05, 0.1) is 6.61 Å². The Morgan fingerprint density at radius 2 is 1.29 bits per heavy atom. The van der Waals surface area contributed by atoms with Gasteiger partial charge in [0, 0.05) is 0 Å². The molecule has 136 valence electrons. The average molecular weight is 331 g/mol. The van der Waals surface area contributed by atoms with E-state index in [1.165, 1.54) is 76.2 Å². The van der Waals surface area contributed by atoms with Gasteiger partial charge in [-0.05, 0) is 30.5 Å². The smallest absolute Gasteiger partial charge is 0.119 e. The summed E-state index contributed by atoms with van der Waals surface area (Å²) in [6.45, 7) is 5.33. The molecule has 0 aromatic heterocycles. The quantitative estimate of drug-likeness (QED) is 0.298. The Hall–Kier alpha value is -1.24. The van der Waals surface area contributed by atoms with Crippen LogP contribution in [0.3, 0.4) is 0 Å². The third-order valence-electron chi connectivity index (χ3n) is 4.41. The molecule has 0 heterocycles. The summed E-state index contributed by atoms with van der Waals surface area (Å²) in [5, 5.41) is 0. The van der Waals surface area contributed by atoms with E-state index < -0.39 is 0 Å². The molecule has 0 saturated heterocycles. The Morgan fingerprint density at radius 1 is 0.708 bits per heavy atom. The van der Waals surface area contributed by atoms with Crippen LogP contribution in [0.4, 0.5) is 0 Å². The van der Waals surface area contributed by atoms with Crippen molar-refractivity contribution in [3.05, 3.63) is 35.9 Å². The van der Waals surface area contributed by atoms with Gasteiger partial charge >= 0.3 is 0 Å². The van der Waals surface area contributed by atoms with Crippen molar-refractivity contribution in [2.24, 2.45) is 0 Å². The molecule has 0 aliphatic heterocycles. The van der Waals surface area contributed by atoms with Crippen LogP contribution < -0.4 is 4.74 Å². The second-order valence-corrected chi connectivity index (χ2v) is 6.79. The molecule has 0 amide bonds. The molecule has 0 atom stereocenters. The van der Waals surface area contributed by atoms with Gasteiger partial charge in [0.25, 0.3) is 0 Å². The van der Waals surface area contributed by atoms with Crippen molar-refractivity contribution in [3.8, 4) is 5.75 Å². The molecule has 0 unspecified atom stereocenters. The predicted molar refractivity (Wildman–Crippen MR) is 108 cm³/mol. The number of hydrogen-bond acceptors (Lipinski definition) is 1. The number of unbranched alkanes of at least 4 members (excludes halogenated alkanes) is 10. The van der Waals surface area contributed by atoms with Crippen LogP contribution in [0.2, 0.25) is 0 Å². The normalized spacial score (nSPS) is 11.2. The molecule has 0 aliphatic rings. The zero-order valence-electron chi connectivity index (χ0n) is 16.1. The molecule has 1 nitrogen and oxygen atoms in total. The van der Waals surface area contributed by atoms with Gasteiger partial charge in [-0.2, -0.15) is 0 Å². The standard InChI is InChI=1S/C23H38O/c1-3-5-7-8-9-10-11-12-13-15-21-24-23-19-17-22(18-20-23)16-14-6-4-2/h14,16-20H,3-13,15,21H2,1-2H3/b16-14+. The monoisotopic (exact) mass is 330 g/mol. The van der Waals surface area contributed by atoms with Crippen LogP contribution in [0, 0.1) is 0 Å². The van der Waals surface area contributed by atoms with E-state index in [9.17, 15) is 0 Å². The summed E-state index contributed by atoms with van der Waals surface area (Å²) < 4.78 is 5.83. The minimum atomic E-state index is 0.849. The first-order chi connectivity index (χ1) is 11.9. The molecule has 1 heteroatoms. The van der Waals surface area contributed by atoms with E-state index in [1.54, 1.807) is 0 Å². The summed E-state index contributed by atoms with van der Waals surface area (Å²) in [6.07, 6.45) is 20.5. The highest BCUT2D eigenvalue weighted by Gasteiger charge is 1.95. The summed E-state index contributed by atoms with van der Waals surface area (Å²) in [5.74, 6) is 0.999. The maximum absolute atomic E-state index is 5.83. The Labute approximate surface area is 150 Å². The molecule has 1 rings (SSSR count). The van der Waals surface area contributed by atoms with Crippen molar-refractivity contribution in [2.75, 3.05) is 6.61 Å². The SMILES string of the molecule is CCC/C=C/c1ccc(OCCCCCCCCCCCC)cc1. The largest absolute Gasteiger partial charge is 0.494 e. The Bertz CT molecular complexity index is 405. The summed E-state index contributed by atoms with van der Waals surface area (Å²) in [7, 11) is 0. The molecular weight excluding hydrogens is 292 g/mol. The van der Waals surface area contributed by atoms with Crippen LogP contribution in [0.15, 0.2) is 30.3 Å². The molecular formula is C23H38O. The van der Waals surface area contributed by atoms with Crippen LogP contribution in [-0.2, 0) is 0 Å². The van der Waals surface area contributed by atoms with Crippen molar-refractivity contribution in [1.82, 2.24) is 0 Å². The zero-order valence-corrected chi connectivity index (χ0v) is 16.1. The van der Waals surface area contributed by atoms with Gasteiger partial charge in [-0.15, -0.1) is 0 Å². The molecule has 0 spiro atoms. The zero-order chi connectivity index (χ0) is 17.3. The van der Waals surface area contributed by atoms with E-state index in [0.29, 0.717) is 0 Å². The van der Waals surface area contributed by atoms with Crippen molar-refractivity contribution in [3.63, 3.8) is 0 Å². The summed E-state index contributed by atoms with van der Waals surface area (Å²) in [4.78, 5) is 0. The second kappa shape index (κ2) is 15.3. The Kier molecular flexibility index (Phi) is 13.3. The van der Waals surface area contributed by atoms with Crippen molar-refractivity contribution in [1.29, 1.82) is 0 Å². The number of benzene rings is 1. The molecule has 1 aromatic carbocycles. The molecule has 0 N–H and O–H groups in total.